The van der Waals surface area contributed by atoms with E-state index in [0.717, 1.165) is 5.39 Å². The molecule has 0 amide bonds. The molecule has 2 aromatic carbocycles. The Morgan fingerprint density at radius 3 is 2.55 bits per heavy atom. The van der Waals surface area contributed by atoms with Crippen LogP contribution in [0.4, 0.5) is 0 Å². The van der Waals surface area contributed by atoms with Gasteiger partial charge in [-0.05, 0) is 30.3 Å². The van der Waals surface area contributed by atoms with Gasteiger partial charge in [0.2, 0.25) is 0 Å². The SMILES string of the molecule is OCC1OC(C#Cc2cc(C#Cc3cccc(O)c3)cc3cn[nH]c23)C(O)C(O)[C@@H]1O. The van der Waals surface area contributed by atoms with Crippen molar-refractivity contribution in [3.05, 3.63) is 59.3 Å². The third-order valence-corrected chi connectivity index (χ3v) is 4.99. The molecule has 31 heavy (non-hydrogen) atoms. The predicted octanol–water partition coefficient (Wildman–Crippen LogP) is -0.138. The first-order valence-corrected chi connectivity index (χ1v) is 9.56. The zero-order chi connectivity index (χ0) is 22.0. The van der Waals surface area contributed by atoms with E-state index in [0.29, 0.717) is 22.2 Å². The highest BCUT2D eigenvalue weighted by Gasteiger charge is 2.42. The van der Waals surface area contributed by atoms with Gasteiger partial charge in [0.05, 0.1) is 23.9 Å². The van der Waals surface area contributed by atoms with E-state index in [4.69, 9.17) is 4.74 Å². The van der Waals surface area contributed by atoms with Crippen LogP contribution in [0.5, 0.6) is 5.75 Å². The minimum Gasteiger partial charge on any atom is -0.508 e. The number of aromatic nitrogens is 2. The smallest absolute Gasteiger partial charge is 0.147 e. The molecule has 0 spiro atoms. The van der Waals surface area contributed by atoms with Crippen LogP contribution >= 0.6 is 0 Å². The fourth-order valence-electron chi connectivity index (χ4n) is 3.33. The largest absolute Gasteiger partial charge is 0.508 e. The van der Waals surface area contributed by atoms with Crippen LogP contribution in [0.1, 0.15) is 16.7 Å². The molecular formula is C23H20N2O6. The van der Waals surface area contributed by atoms with Gasteiger partial charge in [-0.3, -0.25) is 5.10 Å². The first-order valence-electron chi connectivity index (χ1n) is 9.56. The van der Waals surface area contributed by atoms with Crippen molar-refractivity contribution in [3.8, 4) is 29.4 Å². The third kappa shape index (κ3) is 4.39. The molecule has 8 heteroatoms. The zero-order valence-electron chi connectivity index (χ0n) is 16.2. The molecule has 2 heterocycles. The van der Waals surface area contributed by atoms with Crippen molar-refractivity contribution in [2.75, 3.05) is 6.61 Å². The average molecular weight is 420 g/mol. The quantitative estimate of drug-likeness (QED) is 0.301. The van der Waals surface area contributed by atoms with Crippen molar-refractivity contribution < 1.29 is 30.3 Å². The van der Waals surface area contributed by atoms with Gasteiger partial charge in [0.15, 0.2) is 0 Å². The van der Waals surface area contributed by atoms with E-state index in [-0.39, 0.29) is 5.75 Å². The maximum atomic E-state index is 10.2. The lowest BCUT2D eigenvalue weighted by atomic mass is 9.95. The van der Waals surface area contributed by atoms with Crippen LogP contribution in [0.2, 0.25) is 0 Å². The molecule has 6 N–H and O–H groups in total. The van der Waals surface area contributed by atoms with E-state index >= 15 is 0 Å². The molecule has 1 aliphatic heterocycles. The Morgan fingerprint density at radius 2 is 1.77 bits per heavy atom. The van der Waals surface area contributed by atoms with Crippen LogP contribution < -0.4 is 0 Å². The number of aliphatic hydroxyl groups is 4. The topological polar surface area (TPSA) is 139 Å². The number of hydrogen-bond donors (Lipinski definition) is 6. The highest BCUT2D eigenvalue weighted by Crippen LogP contribution is 2.22. The van der Waals surface area contributed by atoms with Crippen LogP contribution in [0.3, 0.4) is 0 Å². The molecule has 5 atom stereocenters. The highest BCUT2D eigenvalue weighted by molar-refractivity contribution is 5.85. The molecule has 158 valence electrons. The van der Waals surface area contributed by atoms with Gasteiger partial charge in [0, 0.05) is 16.5 Å². The second kappa shape index (κ2) is 8.78. The van der Waals surface area contributed by atoms with Crippen molar-refractivity contribution >= 4 is 10.9 Å². The monoisotopic (exact) mass is 420 g/mol. The van der Waals surface area contributed by atoms with Crippen molar-refractivity contribution in [2.45, 2.75) is 30.5 Å². The summed E-state index contributed by atoms with van der Waals surface area (Å²) in [5.41, 5.74) is 2.53. The van der Waals surface area contributed by atoms with E-state index in [2.05, 4.69) is 33.9 Å². The summed E-state index contributed by atoms with van der Waals surface area (Å²) in [6.07, 6.45) is -4.85. The van der Waals surface area contributed by atoms with E-state index in [9.17, 15) is 25.5 Å². The molecule has 3 aromatic rings. The Balaban J connectivity index is 1.67. The number of benzene rings is 2. The number of aromatic hydroxyl groups is 1. The molecule has 0 saturated carbocycles. The van der Waals surface area contributed by atoms with Crippen LogP contribution in [-0.4, -0.2) is 72.9 Å². The Bertz CT molecular complexity index is 1210. The summed E-state index contributed by atoms with van der Waals surface area (Å²) in [6.45, 7) is -0.520. The highest BCUT2D eigenvalue weighted by atomic mass is 16.5. The maximum absolute atomic E-state index is 10.2. The number of ether oxygens (including phenoxy) is 1. The predicted molar refractivity (Wildman–Crippen MR) is 111 cm³/mol. The molecule has 0 bridgehead atoms. The lowest BCUT2D eigenvalue weighted by Crippen LogP contribution is -2.58. The summed E-state index contributed by atoms with van der Waals surface area (Å²) < 4.78 is 5.43. The first-order chi connectivity index (χ1) is 15.0. The van der Waals surface area contributed by atoms with Crippen molar-refractivity contribution in [1.82, 2.24) is 10.2 Å². The summed E-state index contributed by atoms with van der Waals surface area (Å²) in [5.74, 6) is 11.8. The van der Waals surface area contributed by atoms with E-state index < -0.39 is 37.1 Å². The van der Waals surface area contributed by atoms with Crippen molar-refractivity contribution in [3.63, 3.8) is 0 Å². The molecule has 4 unspecified atom stereocenters. The van der Waals surface area contributed by atoms with Gasteiger partial charge in [0.25, 0.3) is 0 Å². The maximum Gasteiger partial charge on any atom is 0.147 e. The summed E-state index contributed by atoms with van der Waals surface area (Å²) in [7, 11) is 0. The summed E-state index contributed by atoms with van der Waals surface area (Å²) >= 11 is 0. The van der Waals surface area contributed by atoms with Gasteiger partial charge < -0.3 is 30.3 Å². The van der Waals surface area contributed by atoms with E-state index in [1.165, 1.54) is 0 Å². The third-order valence-electron chi connectivity index (χ3n) is 4.99. The first kappa shape index (κ1) is 20.9. The molecular weight excluding hydrogens is 400 g/mol. The molecule has 1 aromatic heterocycles. The summed E-state index contributed by atoms with van der Waals surface area (Å²) in [5, 5.41) is 56.6. The summed E-state index contributed by atoms with van der Waals surface area (Å²) in [6, 6.07) is 10.2. The average Bonchev–Trinajstić information content (AvgIpc) is 3.24. The molecule has 1 fully saturated rings. The number of aliphatic hydroxyl groups excluding tert-OH is 4. The normalized spacial score (nSPS) is 25.4. The molecule has 0 radical (unpaired) electrons. The van der Waals surface area contributed by atoms with Crippen molar-refractivity contribution in [1.29, 1.82) is 0 Å². The van der Waals surface area contributed by atoms with E-state index in [1.54, 1.807) is 36.5 Å². The fraction of sp³-hybridized carbons (Fsp3) is 0.261. The second-order valence-electron chi connectivity index (χ2n) is 7.18. The van der Waals surface area contributed by atoms with E-state index in [1.807, 2.05) is 6.07 Å². The number of rotatable bonds is 1. The van der Waals surface area contributed by atoms with Gasteiger partial charge in [-0.2, -0.15) is 5.10 Å². The number of nitrogens with zero attached hydrogens (tertiary/aromatic N) is 1. The number of aromatic amines is 1. The minimum atomic E-state index is -1.49. The standard InChI is InChI=1S/C23H20N2O6/c26-12-19-22(29)23(30)21(28)18(31-19)7-6-15-8-14(9-16-11-24-25-20(15)16)5-4-13-2-1-3-17(27)10-13/h1-3,8-11,18-19,21-23,26-30H,12H2,(H,24,25)/t18?,19?,21?,22-,23?/m1/s1. The minimum absolute atomic E-state index is 0.128. The van der Waals surface area contributed by atoms with Gasteiger partial charge in [-0.25, -0.2) is 0 Å². The Morgan fingerprint density at radius 1 is 0.968 bits per heavy atom. The number of H-pyrrole nitrogens is 1. The Hall–Kier alpha value is -3.37. The van der Waals surface area contributed by atoms with Crippen LogP contribution in [-0.2, 0) is 4.74 Å². The number of phenolic OH excluding ortho intramolecular Hbond substituents is 1. The van der Waals surface area contributed by atoms with Gasteiger partial charge in [-0.15, -0.1) is 0 Å². The lowest BCUT2D eigenvalue weighted by Gasteiger charge is -2.37. The number of fused-ring (bicyclic) bond motifs is 1. The van der Waals surface area contributed by atoms with Gasteiger partial charge >= 0.3 is 0 Å². The second-order valence-corrected chi connectivity index (χ2v) is 7.18. The van der Waals surface area contributed by atoms with Gasteiger partial charge in [-0.1, -0.05) is 29.7 Å². The van der Waals surface area contributed by atoms with Crippen LogP contribution in [0.25, 0.3) is 10.9 Å². The Labute approximate surface area is 177 Å². The Kier molecular flexibility index (Phi) is 5.92. The molecule has 4 rings (SSSR count). The molecule has 1 saturated heterocycles. The zero-order valence-corrected chi connectivity index (χ0v) is 16.2. The molecule has 8 nitrogen and oxygen atoms in total. The van der Waals surface area contributed by atoms with Crippen LogP contribution in [0, 0.1) is 23.7 Å². The van der Waals surface area contributed by atoms with Crippen molar-refractivity contribution in [2.24, 2.45) is 0 Å². The number of hydrogen-bond acceptors (Lipinski definition) is 7. The van der Waals surface area contributed by atoms with Gasteiger partial charge in [0.1, 0.15) is 36.3 Å². The lowest BCUT2D eigenvalue weighted by molar-refractivity contribution is -0.214. The fourth-order valence-corrected chi connectivity index (χ4v) is 3.33. The molecule has 0 aliphatic carbocycles. The number of nitrogens with one attached hydrogen (secondary N) is 1. The van der Waals surface area contributed by atoms with Crippen LogP contribution in [0.15, 0.2) is 42.6 Å². The summed E-state index contributed by atoms with van der Waals surface area (Å²) in [4.78, 5) is 0. The number of phenols is 1. The molecule has 1 aliphatic rings.